The van der Waals surface area contributed by atoms with Crippen molar-refractivity contribution in [3.63, 3.8) is 0 Å². The second-order valence-corrected chi connectivity index (χ2v) is 9.16. The number of halogens is 2. The van der Waals surface area contributed by atoms with Crippen LogP contribution < -0.4 is 15.0 Å². The minimum Gasteiger partial charge on any atom is -0.490 e. The van der Waals surface area contributed by atoms with Crippen molar-refractivity contribution in [2.45, 2.75) is 33.3 Å². The van der Waals surface area contributed by atoms with E-state index in [1.54, 1.807) is 24.4 Å². The molecule has 0 aliphatic rings. The summed E-state index contributed by atoms with van der Waals surface area (Å²) in [5.41, 5.74) is 2.12. The van der Waals surface area contributed by atoms with Gasteiger partial charge in [0, 0.05) is 10.9 Å². The number of hydrogen-bond donors (Lipinski definition) is 0. The fraction of sp³-hybridized carbons (Fsp3) is 0.222. The van der Waals surface area contributed by atoms with E-state index < -0.39 is 0 Å². The number of rotatable bonds is 9. The van der Waals surface area contributed by atoms with Crippen molar-refractivity contribution in [2.75, 3.05) is 6.61 Å². The van der Waals surface area contributed by atoms with Gasteiger partial charge in [-0.1, -0.05) is 64.8 Å². The standard InChI is InChI=1S/C27H25BrClN3O3/c1-3-8-25-31-23-12-11-20(28)15-21(23)27(33)32(25)30-16-19-13-22(29)26(24(14-19)34-4-2)35-17-18-9-6-5-7-10-18/h5-7,9-16H,3-4,8,17H2,1-2H3. The van der Waals surface area contributed by atoms with Crippen LogP contribution in [0.3, 0.4) is 0 Å². The average molecular weight is 555 g/mol. The minimum absolute atomic E-state index is 0.227. The summed E-state index contributed by atoms with van der Waals surface area (Å²) >= 11 is 10.00. The normalized spacial score (nSPS) is 11.3. The second kappa shape index (κ2) is 11.5. The molecule has 0 fully saturated rings. The first-order valence-corrected chi connectivity index (χ1v) is 12.6. The topological polar surface area (TPSA) is 65.7 Å². The first-order chi connectivity index (χ1) is 17.0. The molecule has 0 spiro atoms. The first-order valence-electron chi connectivity index (χ1n) is 11.4. The number of aromatic nitrogens is 2. The SMILES string of the molecule is CCCc1nc2ccc(Br)cc2c(=O)n1N=Cc1cc(Cl)c(OCc2ccccc2)c(OCC)c1. The molecule has 35 heavy (non-hydrogen) atoms. The summed E-state index contributed by atoms with van der Waals surface area (Å²) in [7, 11) is 0. The predicted molar refractivity (Wildman–Crippen MR) is 144 cm³/mol. The van der Waals surface area contributed by atoms with Crippen molar-refractivity contribution >= 4 is 44.6 Å². The van der Waals surface area contributed by atoms with Crippen LogP contribution in [0.4, 0.5) is 0 Å². The first kappa shape index (κ1) is 24.9. The van der Waals surface area contributed by atoms with Gasteiger partial charge in [0.1, 0.15) is 12.4 Å². The van der Waals surface area contributed by atoms with E-state index >= 15 is 0 Å². The van der Waals surface area contributed by atoms with Gasteiger partial charge in [-0.2, -0.15) is 9.78 Å². The quantitative estimate of drug-likeness (QED) is 0.218. The van der Waals surface area contributed by atoms with Gasteiger partial charge in [0.05, 0.1) is 28.7 Å². The van der Waals surface area contributed by atoms with Crippen LogP contribution in [0, 0.1) is 0 Å². The molecule has 0 N–H and O–H groups in total. The number of aryl methyl sites for hydroxylation is 1. The van der Waals surface area contributed by atoms with Crippen LogP contribution in [0.1, 0.15) is 37.2 Å². The molecular weight excluding hydrogens is 530 g/mol. The van der Waals surface area contributed by atoms with E-state index in [0.717, 1.165) is 16.5 Å². The number of fused-ring (bicyclic) bond motifs is 1. The van der Waals surface area contributed by atoms with Crippen molar-refractivity contribution in [2.24, 2.45) is 5.10 Å². The van der Waals surface area contributed by atoms with Crippen molar-refractivity contribution in [1.29, 1.82) is 0 Å². The Morgan fingerprint density at radius 3 is 2.63 bits per heavy atom. The van der Waals surface area contributed by atoms with E-state index in [1.165, 1.54) is 4.68 Å². The smallest absolute Gasteiger partial charge is 0.282 e. The van der Waals surface area contributed by atoms with Crippen molar-refractivity contribution in [1.82, 2.24) is 9.66 Å². The highest BCUT2D eigenvalue weighted by atomic mass is 79.9. The summed E-state index contributed by atoms with van der Waals surface area (Å²) < 4.78 is 13.9. The molecule has 1 aromatic heterocycles. The molecule has 4 aromatic rings. The fourth-order valence-corrected chi connectivity index (χ4v) is 4.25. The van der Waals surface area contributed by atoms with Gasteiger partial charge in [0.15, 0.2) is 11.5 Å². The third-order valence-electron chi connectivity index (χ3n) is 5.23. The Labute approximate surface area is 217 Å². The maximum absolute atomic E-state index is 13.2. The molecule has 0 aliphatic heterocycles. The van der Waals surface area contributed by atoms with Gasteiger partial charge in [-0.3, -0.25) is 4.79 Å². The maximum Gasteiger partial charge on any atom is 0.282 e. The number of benzene rings is 3. The molecule has 0 aliphatic carbocycles. The lowest BCUT2D eigenvalue weighted by atomic mass is 10.2. The van der Waals surface area contributed by atoms with E-state index in [2.05, 4.69) is 26.0 Å². The highest BCUT2D eigenvalue weighted by Crippen LogP contribution is 2.37. The minimum atomic E-state index is -0.227. The van der Waals surface area contributed by atoms with Gasteiger partial charge in [0.25, 0.3) is 5.56 Å². The van der Waals surface area contributed by atoms with Crippen LogP contribution in [0.5, 0.6) is 11.5 Å². The third kappa shape index (κ3) is 5.92. The number of nitrogens with zero attached hydrogens (tertiary/aromatic N) is 3. The van der Waals surface area contributed by atoms with Crippen LogP contribution in [0.25, 0.3) is 10.9 Å². The van der Waals surface area contributed by atoms with Gasteiger partial charge in [-0.25, -0.2) is 4.98 Å². The van der Waals surface area contributed by atoms with Crippen molar-refractivity contribution < 1.29 is 9.47 Å². The molecule has 0 saturated heterocycles. The van der Waals surface area contributed by atoms with Gasteiger partial charge in [-0.15, -0.1) is 0 Å². The predicted octanol–water partition coefficient (Wildman–Crippen LogP) is 6.62. The Morgan fingerprint density at radius 1 is 1.09 bits per heavy atom. The Bertz CT molecular complexity index is 1420. The average Bonchev–Trinajstić information content (AvgIpc) is 2.85. The van der Waals surface area contributed by atoms with Gasteiger partial charge in [0.2, 0.25) is 0 Å². The molecule has 4 rings (SSSR count). The van der Waals surface area contributed by atoms with Crippen LogP contribution in [-0.2, 0) is 13.0 Å². The van der Waals surface area contributed by atoms with Gasteiger partial charge >= 0.3 is 0 Å². The zero-order valence-corrected chi connectivity index (χ0v) is 21.8. The largest absolute Gasteiger partial charge is 0.490 e. The summed E-state index contributed by atoms with van der Waals surface area (Å²) in [6.07, 6.45) is 3.04. The summed E-state index contributed by atoms with van der Waals surface area (Å²) in [6, 6.07) is 18.8. The van der Waals surface area contributed by atoms with Crippen LogP contribution in [-0.4, -0.2) is 22.5 Å². The molecule has 0 bridgehead atoms. The Morgan fingerprint density at radius 2 is 1.89 bits per heavy atom. The van der Waals surface area contributed by atoms with E-state index in [-0.39, 0.29) is 5.56 Å². The molecule has 0 amide bonds. The monoisotopic (exact) mass is 553 g/mol. The van der Waals surface area contributed by atoms with Gasteiger partial charge < -0.3 is 9.47 Å². The zero-order valence-electron chi connectivity index (χ0n) is 19.5. The number of ether oxygens (including phenoxy) is 2. The highest BCUT2D eigenvalue weighted by molar-refractivity contribution is 9.10. The van der Waals surface area contributed by atoms with Crippen LogP contribution in [0.2, 0.25) is 5.02 Å². The molecule has 3 aromatic carbocycles. The summed E-state index contributed by atoms with van der Waals surface area (Å²) in [6.45, 7) is 4.74. The molecule has 6 nitrogen and oxygen atoms in total. The Balaban J connectivity index is 1.69. The lowest BCUT2D eigenvalue weighted by molar-refractivity contribution is 0.269. The Hall–Kier alpha value is -3.16. The molecule has 0 unspecified atom stereocenters. The second-order valence-electron chi connectivity index (χ2n) is 7.84. The van der Waals surface area contributed by atoms with Crippen molar-refractivity contribution in [3.8, 4) is 11.5 Å². The van der Waals surface area contributed by atoms with E-state index in [4.69, 9.17) is 21.1 Å². The molecule has 0 saturated carbocycles. The maximum atomic E-state index is 13.2. The van der Waals surface area contributed by atoms with Crippen LogP contribution >= 0.6 is 27.5 Å². The van der Waals surface area contributed by atoms with E-state index in [0.29, 0.717) is 58.4 Å². The summed E-state index contributed by atoms with van der Waals surface area (Å²) in [4.78, 5) is 17.9. The molecule has 0 atom stereocenters. The molecule has 0 radical (unpaired) electrons. The summed E-state index contributed by atoms with van der Waals surface area (Å²) in [5, 5.41) is 5.38. The molecule has 180 valence electrons. The highest BCUT2D eigenvalue weighted by Gasteiger charge is 2.14. The molecular formula is C27H25BrClN3O3. The van der Waals surface area contributed by atoms with Crippen molar-refractivity contribution in [3.05, 3.63) is 97.5 Å². The Kier molecular flexibility index (Phi) is 8.21. The third-order valence-corrected chi connectivity index (χ3v) is 6.00. The van der Waals surface area contributed by atoms with Crippen LogP contribution in [0.15, 0.2) is 75.0 Å². The number of hydrogen-bond acceptors (Lipinski definition) is 5. The lowest BCUT2D eigenvalue weighted by Crippen LogP contribution is -2.22. The van der Waals surface area contributed by atoms with Gasteiger partial charge in [-0.05, 0) is 54.8 Å². The van der Waals surface area contributed by atoms with E-state index in [9.17, 15) is 4.79 Å². The zero-order chi connectivity index (χ0) is 24.8. The lowest BCUT2D eigenvalue weighted by Gasteiger charge is -2.14. The molecule has 1 heterocycles. The summed E-state index contributed by atoms with van der Waals surface area (Å²) in [5.74, 6) is 1.58. The van der Waals surface area contributed by atoms with E-state index in [1.807, 2.05) is 56.3 Å². The molecule has 8 heteroatoms. The fourth-order valence-electron chi connectivity index (χ4n) is 3.62.